The third-order valence-corrected chi connectivity index (χ3v) is 6.91. The number of carbonyl (C=O) groups excluding carboxylic acids is 2. The molecule has 1 aliphatic carbocycles. The van der Waals surface area contributed by atoms with Gasteiger partial charge in [-0.15, -0.1) is 0 Å². The molecule has 0 spiro atoms. The van der Waals surface area contributed by atoms with Crippen molar-refractivity contribution in [3.8, 4) is 0 Å². The van der Waals surface area contributed by atoms with Crippen LogP contribution in [0.4, 0.5) is 4.79 Å². The second kappa shape index (κ2) is 8.13. The number of aliphatic hydroxyl groups is 1. The minimum atomic E-state index is -0.255. The van der Waals surface area contributed by atoms with Gasteiger partial charge in [0.2, 0.25) is 6.08 Å². The van der Waals surface area contributed by atoms with Gasteiger partial charge in [0, 0.05) is 23.1 Å². The van der Waals surface area contributed by atoms with Crippen molar-refractivity contribution in [2.45, 2.75) is 65.1 Å². The van der Waals surface area contributed by atoms with E-state index in [0.717, 1.165) is 35.9 Å². The zero-order valence-corrected chi connectivity index (χ0v) is 18.6. The van der Waals surface area contributed by atoms with Crippen LogP contribution in [0.2, 0.25) is 0 Å². The van der Waals surface area contributed by atoms with Gasteiger partial charge in [-0.2, -0.15) is 0 Å². The summed E-state index contributed by atoms with van der Waals surface area (Å²) in [4.78, 5) is 33.1. The van der Waals surface area contributed by atoms with Gasteiger partial charge in [0.05, 0.1) is 25.2 Å². The largest absolute Gasteiger partial charge is 0.394 e. The fraction of sp³-hybridized carbons (Fsp3) is 0.583. The van der Waals surface area contributed by atoms with Crippen LogP contribution in [0.15, 0.2) is 29.3 Å². The number of aliphatic hydroxyl groups excluding tert-OH is 1. The maximum Gasteiger partial charge on any atom is 0.318 e. The summed E-state index contributed by atoms with van der Waals surface area (Å²) < 4.78 is 0. The highest BCUT2D eigenvalue weighted by molar-refractivity contribution is 5.85. The fourth-order valence-electron chi connectivity index (χ4n) is 5.94. The van der Waals surface area contributed by atoms with Crippen LogP contribution in [0.5, 0.6) is 0 Å². The summed E-state index contributed by atoms with van der Waals surface area (Å²) in [6, 6.07) is 7.65. The van der Waals surface area contributed by atoms with Crippen molar-refractivity contribution in [3.63, 3.8) is 0 Å². The Hall–Kier alpha value is -2.63. The normalized spacial score (nSPS) is 27.4. The molecular weight excluding hydrogens is 392 g/mol. The number of para-hydroxylation sites is 1. The summed E-state index contributed by atoms with van der Waals surface area (Å²) in [6.07, 6.45) is 4.89. The average Bonchev–Trinajstić information content (AvgIpc) is 3.07. The number of hydrogen-bond acceptors (Lipinski definition) is 4. The van der Waals surface area contributed by atoms with Gasteiger partial charge in [0.25, 0.3) is 0 Å². The predicted molar refractivity (Wildman–Crippen MR) is 119 cm³/mol. The first kappa shape index (κ1) is 21.6. The Bertz CT molecular complexity index is 1020. The van der Waals surface area contributed by atoms with E-state index in [1.165, 1.54) is 5.56 Å². The van der Waals surface area contributed by atoms with E-state index in [2.05, 4.69) is 42.1 Å². The molecule has 3 atom stereocenters. The van der Waals surface area contributed by atoms with Gasteiger partial charge >= 0.3 is 6.03 Å². The second-order valence-electron chi connectivity index (χ2n) is 10.4. The van der Waals surface area contributed by atoms with Crippen LogP contribution < -0.4 is 5.32 Å². The van der Waals surface area contributed by atoms with Gasteiger partial charge in [-0.25, -0.2) is 14.6 Å². The van der Waals surface area contributed by atoms with E-state index >= 15 is 0 Å². The van der Waals surface area contributed by atoms with Crippen molar-refractivity contribution in [2.24, 2.45) is 15.8 Å². The molecule has 2 heterocycles. The van der Waals surface area contributed by atoms with Crippen LogP contribution in [0.1, 0.15) is 51.3 Å². The Balaban J connectivity index is 1.48. The number of amides is 2. The molecule has 1 saturated carbocycles. The highest BCUT2D eigenvalue weighted by atomic mass is 16.3. The van der Waals surface area contributed by atoms with Gasteiger partial charge in [0.1, 0.15) is 0 Å². The third kappa shape index (κ3) is 4.39. The highest BCUT2D eigenvalue weighted by Gasteiger charge is 2.42. The Morgan fingerprint density at radius 1 is 1.32 bits per heavy atom. The Morgan fingerprint density at radius 2 is 2.10 bits per heavy atom. The average molecular weight is 425 g/mol. The molecule has 2 aliphatic rings. The first-order chi connectivity index (χ1) is 14.7. The van der Waals surface area contributed by atoms with Gasteiger partial charge in [-0.1, -0.05) is 39.0 Å². The van der Waals surface area contributed by atoms with Crippen molar-refractivity contribution < 1.29 is 14.7 Å². The van der Waals surface area contributed by atoms with E-state index in [4.69, 9.17) is 0 Å². The molecule has 3 N–H and O–H groups in total. The van der Waals surface area contributed by atoms with E-state index in [1.807, 2.05) is 18.2 Å². The lowest BCUT2D eigenvalue weighted by molar-refractivity contribution is 0.0784. The number of urea groups is 1. The summed E-state index contributed by atoms with van der Waals surface area (Å²) in [5.41, 5.74) is 3.17. The smallest absolute Gasteiger partial charge is 0.318 e. The van der Waals surface area contributed by atoms with Gasteiger partial charge < -0.3 is 20.3 Å². The lowest BCUT2D eigenvalue weighted by Gasteiger charge is -2.45. The van der Waals surface area contributed by atoms with E-state index in [1.54, 1.807) is 11.0 Å². The minimum absolute atomic E-state index is 0.0424. The molecule has 1 aromatic carbocycles. The van der Waals surface area contributed by atoms with Crippen LogP contribution in [-0.2, 0) is 17.8 Å². The third-order valence-electron chi connectivity index (χ3n) is 6.91. The number of isocyanates is 1. The van der Waals surface area contributed by atoms with E-state index < -0.39 is 0 Å². The van der Waals surface area contributed by atoms with Crippen molar-refractivity contribution in [1.82, 2.24) is 15.2 Å². The highest BCUT2D eigenvalue weighted by Crippen LogP contribution is 2.46. The van der Waals surface area contributed by atoms with Crippen LogP contribution in [0.3, 0.4) is 0 Å². The lowest BCUT2D eigenvalue weighted by Crippen LogP contribution is -2.53. The summed E-state index contributed by atoms with van der Waals surface area (Å²) in [5.74, 6) is 0. The number of aromatic nitrogens is 1. The van der Waals surface area contributed by atoms with Gasteiger partial charge in [-0.3, -0.25) is 0 Å². The number of hydrogen-bond donors (Lipinski definition) is 3. The number of fused-ring (bicyclic) bond motifs is 3. The van der Waals surface area contributed by atoms with E-state index in [9.17, 15) is 14.7 Å². The predicted octanol–water partition coefficient (Wildman–Crippen LogP) is 3.52. The molecule has 1 aromatic heterocycles. The maximum absolute atomic E-state index is 13.1. The SMILES string of the molecule is CC1(C)CC(N=C=O)CC(C)(CNC(=O)N2Cc3[nH]c4ccccc4c3CC2CO)C1. The first-order valence-corrected chi connectivity index (χ1v) is 11.0. The topological polar surface area (TPSA) is 97.8 Å². The molecular formula is C24H32N4O3. The molecule has 0 saturated heterocycles. The standard InChI is InChI=1S/C24H32N4O3/c1-23(2)9-16(26-15-30)10-24(3,13-23)14-25-22(31)28-11-21-19(8-17(28)12-29)18-6-4-5-7-20(18)27-21/h4-7,16-17,27,29H,8-14H2,1-3H3,(H,25,31). The number of nitrogens with one attached hydrogen (secondary N) is 2. The van der Waals surface area contributed by atoms with Gasteiger partial charge in [-0.05, 0) is 48.1 Å². The van der Waals surface area contributed by atoms with Gasteiger partial charge in [0.15, 0.2) is 0 Å². The van der Waals surface area contributed by atoms with Crippen LogP contribution in [0, 0.1) is 10.8 Å². The Labute approximate surface area is 182 Å². The summed E-state index contributed by atoms with van der Waals surface area (Å²) in [5, 5.41) is 14.3. The van der Waals surface area contributed by atoms with Crippen molar-refractivity contribution in [2.75, 3.05) is 13.2 Å². The zero-order chi connectivity index (χ0) is 22.2. The monoisotopic (exact) mass is 424 g/mol. The van der Waals surface area contributed by atoms with E-state index in [0.29, 0.717) is 19.5 Å². The molecule has 0 bridgehead atoms. The van der Waals surface area contributed by atoms with Crippen LogP contribution in [-0.4, -0.2) is 52.3 Å². The quantitative estimate of drug-likeness (QED) is 0.517. The van der Waals surface area contributed by atoms with Crippen molar-refractivity contribution in [1.29, 1.82) is 0 Å². The molecule has 31 heavy (non-hydrogen) atoms. The molecule has 166 valence electrons. The molecule has 7 heteroatoms. The van der Waals surface area contributed by atoms with Crippen molar-refractivity contribution >= 4 is 23.0 Å². The Morgan fingerprint density at radius 3 is 2.84 bits per heavy atom. The maximum atomic E-state index is 13.1. The van der Waals surface area contributed by atoms with Crippen molar-refractivity contribution in [3.05, 3.63) is 35.5 Å². The number of nitrogens with zero attached hydrogens (tertiary/aromatic N) is 2. The molecule has 2 aromatic rings. The molecule has 3 unspecified atom stereocenters. The fourth-order valence-corrected chi connectivity index (χ4v) is 5.94. The molecule has 1 fully saturated rings. The van der Waals surface area contributed by atoms with Crippen LogP contribution in [0.25, 0.3) is 10.9 Å². The second-order valence-corrected chi connectivity index (χ2v) is 10.4. The summed E-state index contributed by atoms with van der Waals surface area (Å²) in [7, 11) is 0. The molecule has 7 nitrogen and oxygen atoms in total. The number of benzene rings is 1. The van der Waals surface area contributed by atoms with Crippen LogP contribution >= 0.6 is 0 Å². The number of aliphatic imine (C=N–C) groups is 1. The molecule has 0 radical (unpaired) electrons. The number of H-pyrrole nitrogens is 1. The first-order valence-electron chi connectivity index (χ1n) is 11.0. The summed E-state index contributed by atoms with van der Waals surface area (Å²) >= 11 is 0. The lowest BCUT2D eigenvalue weighted by atomic mass is 9.63. The number of aromatic amines is 1. The molecule has 1 aliphatic heterocycles. The minimum Gasteiger partial charge on any atom is -0.394 e. The zero-order valence-electron chi connectivity index (χ0n) is 18.6. The molecule has 4 rings (SSSR count). The number of rotatable bonds is 4. The van der Waals surface area contributed by atoms with E-state index in [-0.39, 0.29) is 35.6 Å². The summed E-state index contributed by atoms with van der Waals surface area (Å²) in [6.45, 7) is 7.40. The Kier molecular flexibility index (Phi) is 5.67. The number of carbonyl (C=O) groups is 1. The molecule has 2 amide bonds.